The highest BCUT2D eigenvalue weighted by Gasteiger charge is 2.18. The molecule has 0 aliphatic rings. The second-order valence-electron chi connectivity index (χ2n) is 15.1. The zero-order chi connectivity index (χ0) is 33.4. The summed E-state index contributed by atoms with van der Waals surface area (Å²) in [7, 11) is 0. The van der Waals surface area contributed by atoms with Gasteiger partial charge in [0.1, 0.15) is 0 Å². The van der Waals surface area contributed by atoms with Crippen LogP contribution < -0.4 is 0 Å². The van der Waals surface area contributed by atoms with Crippen LogP contribution in [0.2, 0.25) is 0 Å². The third-order valence-corrected chi connectivity index (χ3v) is 17.4. The second kappa shape index (κ2) is 15.4. The third kappa shape index (κ3) is 8.00. The molecule has 0 radical (unpaired) electrons. The van der Waals surface area contributed by atoms with Gasteiger partial charge in [0, 0.05) is 58.8 Å². The minimum Gasteiger partial charge on any atom is -0.139 e. The lowest BCUT2D eigenvalue weighted by atomic mass is 9.96. The molecule has 6 aromatic heterocycles. The van der Waals surface area contributed by atoms with Crippen LogP contribution in [0.15, 0.2) is 48.5 Å². The lowest BCUT2D eigenvalue weighted by Gasteiger charge is -2.11. The first-order valence-electron chi connectivity index (χ1n) is 18.2. The Kier molecular flexibility index (Phi) is 11.2. The molecular formula is C42H50S6. The van der Waals surface area contributed by atoms with Gasteiger partial charge in [-0.1, -0.05) is 80.1 Å². The fourth-order valence-electron chi connectivity index (χ4n) is 6.94. The van der Waals surface area contributed by atoms with Crippen molar-refractivity contribution in [1.82, 2.24) is 0 Å². The number of hydrogen-bond donors (Lipinski definition) is 0. The molecule has 0 aliphatic carbocycles. The van der Waals surface area contributed by atoms with Crippen LogP contribution in [0, 0.1) is 23.7 Å². The van der Waals surface area contributed by atoms with E-state index in [1.54, 1.807) is 9.75 Å². The van der Waals surface area contributed by atoms with Crippen molar-refractivity contribution < 1.29 is 0 Å². The first-order valence-corrected chi connectivity index (χ1v) is 23.1. The Morgan fingerprint density at radius 2 is 0.854 bits per heavy atom. The fourth-order valence-corrected chi connectivity index (χ4v) is 14.2. The van der Waals surface area contributed by atoms with Crippen LogP contribution in [0.5, 0.6) is 0 Å². The normalized spacial score (nSPS) is 13.8. The van der Waals surface area contributed by atoms with Gasteiger partial charge in [-0.25, -0.2) is 0 Å². The van der Waals surface area contributed by atoms with Crippen LogP contribution in [0.25, 0.3) is 58.5 Å². The van der Waals surface area contributed by atoms with Gasteiger partial charge in [0.15, 0.2) is 0 Å². The van der Waals surface area contributed by atoms with E-state index >= 15 is 0 Å². The minimum atomic E-state index is 0.820. The van der Waals surface area contributed by atoms with Crippen LogP contribution in [0.1, 0.15) is 103 Å². The van der Waals surface area contributed by atoms with Crippen LogP contribution >= 0.6 is 68.0 Å². The van der Waals surface area contributed by atoms with E-state index in [2.05, 4.69) is 90.1 Å². The van der Waals surface area contributed by atoms with Crippen molar-refractivity contribution in [2.45, 2.75) is 106 Å². The van der Waals surface area contributed by atoms with Crippen LogP contribution in [-0.4, -0.2) is 0 Å². The van der Waals surface area contributed by atoms with Crippen molar-refractivity contribution in [3.63, 3.8) is 0 Å². The zero-order valence-electron chi connectivity index (χ0n) is 29.4. The first kappa shape index (κ1) is 34.9. The Bertz CT molecular complexity index is 1950. The summed E-state index contributed by atoms with van der Waals surface area (Å²) in [6.45, 7) is 14.2. The molecule has 6 heteroatoms. The molecule has 254 valence electrons. The largest absolute Gasteiger partial charge is 0.139 e. The summed E-state index contributed by atoms with van der Waals surface area (Å²) in [5.41, 5.74) is 0. The van der Waals surface area contributed by atoms with E-state index in [1.165, 1.54) is 123 Å². The Morgan fingerprint density at radius 3 is 1.27 bits per heavy atom. The molecule has 0 N–H and O–H groups in total. The molecule has 0 spiro atoms. The number of benzene rings is 1. The number of aryl methyl sites for hydroxylation is 2. The summed E-state index contributed by atoms with van der Waals surface area (Å²) in [6, 6.07) is 19.4. The molecule has 2 atom stereocenters. The lowest BCUT2D eigenvalue weighted by Crippen LogP contribution is -1.98. The predicted molar refractivity (Wildman–Crippen MR) is 227 cm³/mol. The zero-order valence-corrected chi connectivity index (χ0v) is 34.3. The van der Waals surface area contributed by atoms with Crippen molar-refractivity contribution in [2.75, 3.05) is 0 Å². The van der Waals surface area contributed by atoms with E-state index in [1.807, 2.05) is 68.0 Å². The predicted octanol–water partition coefficient (Wildman–Crippen LogP) is 16.8. The van der Waals surface area contributed by atoms with Gasteiger partial charge in [-0.2, -0.15) is 0 Å². The van der Waals surface area contributed by atoms with Gasteiger partial charge in [0.25, 0.3) is 0 Å². The molecule has 0 fully saturated rings. The lowest BCUT2D eigenvalue weighted by molar-refractivity contribution is 0.437. The smallest absolute Gasteiger partial charge is 0.0536 e. The first-order chi connectivity index (χ1) is 23.2. The van der Waals surface area contributed by atoms with Gasteiger partial charge in [0.2, 0.25) is 0 Å². The van der Waals surface area contributed by atoms with Crippen molar-refractivity contribution >= 4 is 107 Å². The minimum absolute atomic E-state index is 0.820. The Hall–Kier alpha value is -1.54. The van der Waals surface area contributed by atoms with E-state index in [-0.39, 0.29) is 0 Å². The molecule has 1 aromatic carbocycles. The molecule has 0 saturated heterocycles. The molecule has 6 heterocycles. The number of thiophene rings is 6. The van der Waals surface area contributed by atoms with E-state index in [0.717, 1.165) is 23.7 Å². The number of hydrogen-bond acceptors (Lipinski definition) is 6. The van der Waals surface area contributed by atoms with Crippen molar-refractivity contribution in [1.29, 1.82) is 0 Å². The summed E-state index contributed by atoms with van der Waals surface area (Å²) < 4.78 is 8.70. The van der Waals surface area contributed by atoms with Crippen LogP contribution in [0.3, 0.4) is 0 Å². The summed E-state index contributed by atoms with van der Waals surface area (Å²) in [6.07, 6.45) is 13.3. The molecular weight excluding hydrogens is 697 g/mol. The van der Waals surface area contributed by atoms with E-state index in [0.29, 0.717) is 0 Å². The molecule has 0 aliphatic heterocycles. The molecule has 48 heavy (non-hydrogen) atoms. The molecule has 0 amide bonds. The number of rotatable bonds is 16. The highest BCUT2D eigenvalue weighted by Crippen LogP contribution is 2.49. The summed E-state index contributed by atoms with van der Waals surface area (Å²) in [5.74, 6) is 3.30. The maximum absolute atomic E-state index is 2.49. The molecule has 7 rings (SSSR count). The maximum Gasteiger partial charge on any atom is 0.0536 e. The molecule has 7 aromatic rings. The van der Waals surface area contributed by atoms with Gasteiger partial charge in [0.05, 0.1) is 9.40 Å². The number of fused-ring (bicyclic) bond motifs is 6. The maximum atomic E-state index is 2.49. The quantitative estimate of drug-likeness (QED) is 0.0924. The summed E-state index contributed by atoms with van der Waals surface area (Å²) >= 11 is 12.0. The monoisotopic (exact) mass is 746 g/mol. The standard InChI is InChI=1S/C42H50S6/c1-25(2)9-7-11-27(5)13-15-29-17-19-33(43-29)37-23-39-41(47-37)31-21-36-32(22-35(31)45-39)42-40(46-36)24-38(48-42)34-20-18-30(44-34)16-14-28(6)12-8-10-26(3)4/h17-28H,7-16H2,1-6H3. The molecule has 0 bridgehead atoms. The van der Waals surface area contributed by atoms with E-state index in [4.69, 9.17) is 0 Å². The van der Waals surface area contributed by atoms with E-state index < -0.39 is 0 Å². The Morgan fingerprint density at radius 1 is 0.417 bits per heavy atom. The Balaban J connectivity index is 1.03. The van der Waals surface area contributed by atoms with Crippen LogP contribution in [0.4, 0.5) is 0 Å². The summed E-state index contributed by atoms with van der Waals surface area (Å²) in [5, 5.41) is 2.89. The average molecular weight is 747 g/mol. The van der Waals surface area contributed by atoms with Crippen molar-refractivity contribution in [2.24, 2.45) is 23.7 Å². The van der Waals surface area contributed by atoms with Gasteiger partial charge < -0.3 is 0 Å². The Labute approximate surface area is 311 Å². The highest BCUT2D eigenvalue weighted by atomic mass is 32.1. The second-order valence-corrected chi connectivity index (χ2v) is 21.7. The average Bonchev–Trinajstić information content (AvgIpc) is 3.88. The SMILES string of the molecule is CC(C)CCCC(C)CCc1ccc(-c2cc3sc4cc5c(cc4c3s2)sc2cc(-c3ccc(CCC(C)CCCC(C)C)s3)sc25)s1. The van der Waals surface area contributed by atoms with Crippen molar-refractivity contribution in [3.8, 4) is 19.5 Å². The van der Waals surface area contributed by atoms with Crippen molar-refractivity contribution in [3.05, 3.63) is 58.3 Å². The topological polar surface area (TPSA) is 0 Å². The van der Waals surface area contributed by atoms with E-state index in [9.17, 15) is 0 Å². The van der Waals surface area contributed by atoms with Gasteiger partial charge >= 0.3 is 0 Å². The fraction of sp³-hybridized carbons (Fsp3) is 0.476. The van der Waals surface area contributed by atoms with Gasteiger partial charge in [-0.3, -0.25) is 0 Å². The summed E-state index contributed by atoms with van der Waals surface area (Å²) in [4.78, 5) is 8.85. The molecule has 2 unspecified atom stereocenters. The van der Waals surface area contributed by atoms with Gasteiger partial charge in [-0.15, -0.1) is 68.0 Å². The molecule has 0 nitrogen and oxygen atoms in total. The third-order valence-electron chi connectivity index (χ3n) is 9.94. The highest BCUT2D eigenvalue weighted by molar-refractivity contribution is 7.36. The van der Waals surface area contributed by atoms with Crippen LogP contribution in [-0.2, 0) is 12.8 Å². The molecule has 0 saturated carbocycles. The van der Waals surface area contributed by atoms with Gasteiger partial charge in [-0.05, 0) is 97.9 Å².